The first-order chi connectivity index (χ1) is 4.77. The van der Waals surface area contributed by atoms with Gasteiger partial charge in [0.1, 0.15) is 0 Å². The number of hydrogen-bond donors (Lipinski definition) is 0. The van der Waals surface area contributed by atoms with Crippen LogP contribution in [-0.4, -0.2) is 23.9 Å². The highest BCUT2D eigenvalue weighted by atomic mass is 32.1. The van der Waals surface area contributed by atoms with Crippen molar-refractivity contribution in [3.8, 4) is 0 Å². The zero-order valence-electron chi connectivity index (χ0n) is 6.09. The summed E-state index contributed by atoms with van der Waals surface area (Å²) in [5, 5.41) is 2.35. The molecule has 0 radical (unpaired) electrons. The average molecular weight is 157 g/mol. The lowest BCUT2D eigenvalue weighted by molar-refractivity contribution is 0.0286. The van der Waals surface area contributed by atoms with Crippen LogP contribution in [0, 0.1) is 0 Å². The van der Waals surface area contributed by atoms with Gasteiger partial charge in [-0.25, -0.2) is 4.99 Å². The van der Waals surface area contributed by atoms with Crippen molar-refractivity contribution < 1.29 is 4.74 Å². The Kier molecular flexibility index (Phi) is 2.55. The van der Waals surface area contributed by atoms with Crippen molar-refractivity contribution in [1.29, 1.82) is 0 Å². The van der Waals surface area contributed by atoms with Crippen molar-refractivity contribution in [1.82, 2.24) is 0 Å². The molecule has 1 rings (SSSR count). The fourth-order valence-corrected chi connectivity index (χ4v) is 1.23. The first kappa shape index (κ1) is 7.86. The van der Waals surface area contributed by atoms with E-state index >= 15 is 0 Å². The first-order valence-electron chi connectivity index (χ1n) is 3.44. The molecular weight excluding hydrogens is 146 g/mol. The maximum Gasteiger partial charge on any atom is 0.0857 e. The van der Waals surface area contributed by atoms with Crippen LogP contribution in [0.3, 0.4) is 0 Å². The smallest absolute Gasteiger partial charge is 0.0857 e. The molecule has 1 aliphatic heterocycles. The van der Waals surface area contributed by atoms with Crippen molar-refractivity contribution in [3.63, 3.8) is 0 Å². The summed E-state index contributed by atoms with van der Waals surface area (Å²) in [5.74, 6) is 0. The maximum atomic E-state index is 5.46. The fraction of sp³-hybridized carbons (Fsp3) is 0.857. The lowest BCUT2D eigenvalue weighted by atomic mass is 10.0. The molecule has 3 heteroatoms. The van der Waals surface area contributed by atoms with E-state index in [1.807, 2.05) is 0 Å². The van der Waals surface area contributed by atoms with Gasteiger partial charge in [0.05, 0.1) is 17.3 Å². The topological polar surface area (TPSA) is 21.6 Å². The second-order valence-corrected chi connectivity index (χ2v) is 2.99. The Balaban J connectivity index is 2.42. The Labute approximate surface area is 66.3 Å². The van der Waals surface area contributed by atoms with Gasteiger partial charge in [-0.05, 0) is 32.0 Å². The quantitative estimate of drug-likeness (QED) is 0.449. The molecule has 0 aromatic rings. The monoisotopic (exact) mass is 157 g/mol. The largest absolute Gasteiger partial charge is 0.373 e. The second-order valence-electron chi connectivity index (χ2n) is 2.81. The van der Waals surface area contributed by atoms with Crippen molar-refractivity contribution >= 4 is 17.4 Å². The summed E-state index contributed by atoms with van der Waals surface area (Å²) in [7, 11) is 0. The van der Waals surface area contributed by atoms with Crippen LogP contribution >= 0.6 is 12.2 Å². The number of hydrogen-bond acceptors (Lipinski definition) is 3. The van der Waals surface area contributed by atoms with Gasteiger partial charge in [-0.3, -0.25) is 0 Å². The predicted molar refractivity (Wildman–Crippen MR) is 43.5 cm³/mol. The SMILES string of the molecule is CC1(CN=C=S)CCCO1. The van der Waals surface area contributed by atoms with Crippen molar-refractivity contribution in [2.24, 2.45) is 4.99 Å². The Morgan fingerprint density at radius 1 is 1.80 bits per heavy atom. The zero-order valence-corrected chi connectivity index (χ0v) is 6.91. The Bertz CT molecular complexity index is 157. The number of thiocarbonyl (C=S) groups is 1. The summed E-state index contributed by atoms with van der Waals surface area (Å²) >= 11 is 4.46. The summed E-state index contributed by atoms with van der Waals surface area (Å²) in [6, 6.07) is 0. The molecule has 0 aliphatic carbocycles. The third kappa shape index (κ3) is 1.87. The minimum absolute atomic E-state index is 0.0498. The molecule has 1 atom stereocenters. The highest BCUT2D eigenvalue weighted by molar-refractivity contribution is 7.78. The van der Waals surface area contributed by atoms with Gasteiger partial charge in [0.25, 0.3) is 0 Å². The van der Waals surface area contributed by atoms with Gasteiger partial charge in [-0.15, -0.1) is 0 Å². The Hall–Kier alpha value is -0.240. The number of nitrogens with zero attached hydrogens (tertiary/aromatic N) is 1. The molecule has 0 aromatic heterocycles. The molecule has 1 heterocycles. The zero-order chi connectivity index (χ0) is 7.45. The molecular formula is C7H11NOS. The van der Waals surface area contributed by atoms with E-state index in [2.05, 4.69) is 29.3 Å². The average Bonchev–Trinajstić information content (AvgIpc) is 2.33. The third-order valence-electron chi connectivity index (χ3n) is 1.78. The molecule has 0 aromatic carbocycles. The van der Waals surface area contributed by atoms with Gasteiger partial charge < -0.3 is 4.74 Å². The van der Waals surface area contributed by atoms with E-state index in [1.165, 1.54) is 0 Å². The van der Waals surface area contributed by atoms with E-state index in [4.69, 9.17) is 4.74 Å². The maximum absolute atomic E-state index is 5.46. The van der Waals surface area contributed by atoms with Crippen LogP contribution in [0.25, 0.3) is 0 Å². The minimum Gasteiger partial charge on any atom is -0.373 e. The number of aliphatic imine (C=N–C) groups is 1. The van der Waals surface area contributed by atoms with Crippen molar-refractivity contribution in [3.05, 3.63) is 0 Å². The van der Waals surface area contributed by atoms with Gasteiger partial charge in [-0.1, -0.05) is 0 Å². The van der Waals surface area contributed by atoms with Gasteiger partial charge in [0.2, 0.25) is 0 Å². The van der Waals surface area contributed by atoms with Crippen LogP contribution < -0.4 is 0 Å². The van der Waals surface area contributed by atoms with Crippen LogP contribution in [-0.2, 0) is 4.74 Å². The van der Waals surface area contributed by atoms with Gasteiger partial charge >= 0.3 is 0 Å². The molecule has 1 unspecified atom stereocenters. The molecule has 0 spiro atoms. The summed E-state index contributed by atoms with van der Waals surface area (Å²) in [6.07, 6.45) is 2.23. The van der Waals surface area contributed by atoms with Crippen molar-refractivity contribution in [2.75, 3.05) is 13.2 Å². The van der Waals surface area contributed by atoms with E-state index in [1.54, 1.807) is 0 Å². The molecule has 0 N–H and O–H groups in total. The lowest BCUT2D eigenvalue weighted by Crippen LogP contribution is -2.26. The van der Waals surface area contributed by atoms with Crippen LogP contribution in [0.2, 0.25) is 0 Å². The summed E-state index contributed by atoms with van der Waals surface area (Å²) in [5.41, 5.74) is -0.0498. The molecule has 10 heavy (non-hydrogen) atoms. The normalized spacial score (nSPS) is 31.7. The number of isothiocyanates is 1. The van der Waals surface area contributed by atoms with Gasteiger partial charge in [0.15, 0.2) is 0 Å². The number of ether oxygens (including phenoxy) is 1. The van der Waals surface area contributed by atoms with E-state index < -0.39 is 0 Å². The summed E-state index contributed by atoms with van der Waals surface area (Å²) in [4.78, 5) is 3.87. The predicted octanol–water partition coefficient (Wildman–Crippen LogP) is 1.66. The minimum atomic E-state index is -0.0498. The Morgan fingerprint density at radius 3 is 3.10 bits per heavy atom. The molecule has 56 valence electrons. The Morgan fingerprint density at radius 2 is 2.60 bits per heavy atom. The van der Waals surface area contributed by atoms with Crippen LogP contribution in [0.1, 0.15) is 19.8 Å². The van der Waals surface area contributed by atoms with Crippen LogP contribution in [0.15, 0.2) is 4.99 Å². The molecule has 1 aliphatic rings. The van der Waals surface area contributed by atoms with Gasteiger partial charge in [0, 0.05) is 6.61 Å². The van der Waals surface area contributed by atoms with Crippen LogP contribution in [0.4, 0.5) is 0 Å². The van der Waals surface area contributed by atoms with E-state index in [9.17, 15) is 0 Å². The van der Waals surface area contributed by atoms with Gasteiger partial charge in [-0.2, -0.15) is 0 Å². The standard InChI is InChI=1S/C7H11NOS/c1-7(5-8-6-10)3-2-4-9-7/h2-5H2,1H3. The molecule has 2 nitrogen and oxygen atoms in total. The second kappa shape index (κ2) is 3.24. The first-order valence-corrected chi connectivity index (χ1v) is 3.85. The summed E-state index contributed by atoms with van der Waals surface area (Å²) in [6.45, 7) is 3.59. The highest BCUT2D eigenvalue weighted by Gasteiger charge is 2.28. The van der Waals surface area contributed by atoms with Crippen LogP contribution in [0.5, 0.6) is 0 Å². The molecule has 1 fully saturated rings. The fourth-order valence-electron chi connectivity index (χ4n) is 1.16. The highest BCUT2D eigenvalue weighted by Crippen LogP contribution is 2.24. The molecule has 0 saturated carbocycles. The third-order valence-corrected chi connectivity index (χ3v) is 1.91. The summed E-state index contributed by atoms with van der Waals surface area (Å²) < 4.78 is 5.46. The van der Waals surface area contributed by atoms with Crippen molar-refractivity contribution in [2.45, 2.75) is 25.4 Å². The molecule has 0 bridgehead atoms. The molecule has 0 amide bonds. The molecule has 1 saturated heterocycles. The lowest BCUT2D eigenvalue weighted by Gasteiger charge is -2.18. The van der Waals surface area contributed by atoms with E-state index in [-0.39, 0.29) is 5.60 Å². The van der Waals surface area contributed by atoms with E-state index in [0.717, 1.165) is 19.4 Å². The number of rotatable bonds is 2. The van der Waals surface area contributed by atoms with E-state index in [0.29, 0.717) is 6.54 Å².